The Hall–Kier alpha value is -4.86. The van der Waals surface area contributed by atoms with Gasteiger partial charge >= 0.3 is 17.7 Å². The number of nitrogens with one attached hydrogen (secondary N) is 3. The van der Waals surface area contributed by atoms with Crippen molar-refractivity contribution in [2.24, 2.45) is 5.10 Å². The molecule has 0 unspecified atom stereocenters. The Bertz CT molecular complexity index is 1820. The van der Waals surface area contributed by atoms with Gasteiger partial charge in [-0.1, -0.05) is 35.3 Å². The minimum Gasteiger partial charge on any atom is -0.493 e. The number of rotatable bonds is 13. The quantitative estimate of drug-likeness (QED) is 0.0818. The Morgan fingerprint density at radius 1 is 1.10 bits per heavy atom. The predicted molar refractivity (Wildman–Crippen MR) is 180 cm³/mol. The van der Waals surface area contributed by atoms with E-state index in [0.29, 0.717) is 32.4 Å². The van der Waals surface area contributed by atoms with Crippen LogP contribution in [-0.2, 0) is 20.9 Å². The summed E-state index contributed by atoms with van der Waals surface area (Å²) in [5, 5.41) is 21.6. The van der Waals surface area contributed by atoms with Crippen LogP contribution in [0.1, 0.15) is 36.6 Å². The van der Waals surface area contributed by atoms with Gasteiger partial charge in [-0.2, -0.15) is 5.10 Å². The lowest BCUT2D eigenvalue weighted by Gasteiger charge is -2.28. The van der Waals surface area contributed by atoms with Gasteiger partial charge in [0.05, 0.1) is 51.0 Å². The summed E-state index contributed by atoms with van der Waals surface area (Å²) < 4.78 is 22.2. The summed E-state index contributed by atoms with van der Waals surface area (Å²) in [6, 6.07) is 11.0. The largest absolute Gasteiger partial charge is 0.493 e. The van der Waals surface area contributed by atoms with Crippen molar-refractivity contribution in [3.8, 4) is 17.2 Å². The number of carbonyl (C=O) groups is 3. The molecule has 1 atom stereocenters. The first-order valence-electron chi connectivity index (χ1n) is 14.0. The van der Waals surface area contributed by atoms with Gasteiger partial charge < -0.3 is 29.6 Å². The number of allylic oxidation sites excluding steroid dienone is 1. The van der Waals surface area contributed by atoms with Crippen LogP contribution in [0, 0.1) is 10.1 Å². The van der Waals surface area contributed by atoms with E-state index >= 15 is 0 Å². The molecule has 14 nitrogen and oxygen atoms in total. The normalized spacial score (nSPS) is 14.2. The minimum atomic E-state index is -0.822. The molecule has 1 aliphatic rings. The first-order chi connectivity index (χ1) is 22.9. The van der Waals surface area contributed by atoms with Gasteiger partial charge in [0, 0.05) is 17.3 Å². The Morgan fingerprint density at radius 2 is 1.88 bits per heavy atom. The Kier molecular flexibility index (Phi) is 12.2. The summed E-state index contributed by atoms with van der Waals surface area (Å²) >= 11 is 15.3. The van der Waals surface area contributed by atoms with E-state index in [9.17, 15) is 24.5 Å². The standard InChI is InChI=1S/C31H28BrCl2N5O9/c1-4-46-30(41)27-16(2)36-31(42)37-28(27)19-6-8-24(25(12-19)45-3)47-15-26(40)38-35-13-18-9-20(32)29(23(11-18)39(43)44)48-14-17-5-7-21(33)22(34)10-17/h5-13,28H,4,14-15H2,1-3H3,(H,38,40)(H2,36,37,42)/b35-13+/t28-/m0/s1. The molecular formula is C31H28BrCl2N5O9. The van der Waals surface area contributed by atoms with Crippen molar-refractivity contribution in [2.75, 3.05) is 20.3 Å². The highest BCUT2D eigenvalue weighted by Gasteiger charge is 2.32. The van der Waals surface area contributed by atoms with Crippen LogP contribution >= 0.6 is 39.1 Å². The number of urea groups is 1. The number of nitro benzene ring substituents is 1. The monoisotopic (exact) mass is 763 g/mol. The van der Waals surface area contributed by atoms with Crippen molar-refractivity contribution in [2.45, 2.75) is 26.5 Å². The molecule has 0 aromatic heterocycles. The van der Waals surface area contributed by atoms with Crippen molar-refractivity contribution in [3.63, 3.8) is 0 Å². The summed E-state index contributed by atoms with van der Waals surface area (Å²) in [5.41, 5.74) is 4.00. The molecule has 252 valence electrons. The summed E-state index contributed by atoms with van der Waals surface area (Å²) in [4.78, 5) is 48.4. The lowest BCUT2D eigenvalue weighted by Crippen LogP contribution is -2.45. The molecule has 3 N–H and O–H groups in total. The van der Waals surface area contributed by atoms with Crippen molar-refractivity contribution in [1.82, 2.24) is 16.1 Å². The Balaban J connectivity index is 1.40. The fraction of sp³-hybridized carbons (Fsp3) is 0.226. The SMILES string of the molecule is CCOC(=O)C1=C(C)NC(=O)N[C@H]1c1ccc(OCC(=O)N/N=C/c2cc(Br)c(OCc3ccc(Cl)c(Cl)c3)c([N+](=O)[O-])c2)c(OC)c1. The number of carbonyl (C=O) groups excluding carboxylic acids is 3. The third-order valence-corrected chi connectivity index (χ3v) is 7.99. The van der Waals surface area contributed by atoms with Gasteiger partial charge in [0.2, 0.25) is 5.75 Å². The molecule has 0 bridgehead atoms. The molecular weight excluding hydrogens is 737 g/mol. The molecule has 0 radical (unpaired) electrons. The van der Waals surface area contributed by atoms with Crippen LogP contribution in [0.3, 0.4) is 0 Å². The number of nitro groups is 1. The van der Waals surface area contributed by atoms with Crippen LogP contribution in [0.5, 0.6) is 17.2 Å². The second-order valence-corrected chi connectivity index (χ2v) is 11.6. The van der Waals surface area contributed by atoms with E-state index in [-0.39, 0.29) is 46.2 Å². The fourth-order valence-corrected chi connectivity index (χ4v) is 5.40. The van der Waals surface area contributed by atoms with Gasteiger partial charge in [0.15, 0.2) is 18.1 Å². The summed E-state index contributed by atoms with van der Waals surface area (Å²) in [6.45, 7) is 2.95. The molecule has 17 heteroatoms. The van der Waals surface area contributed by atoms with Crippen molar-refractivity contribution < 1.29 is 38.3 Å². The number of esters is 1. The number of hydrogen-bond acceptors (Lipinski definition) is 10. The van der Waals surface area contributed by atoms with E-state index in [1.54, 1.807) is 44.2 Å². The van der Waals surface area contributed by atoms with Crippen LogP contribution in [0.15, 0.2) is 69.4 Å². The average molecular weight is 765 g/mol. The zero-order valence-corrected chi connectivity index (χ0v) is 28.7. The van der Waals surface area contributed by atoms with Crippen molar-refractivity contribution in [3.05, 3.63) is 101 Å². The van der Waals surface area contributed by atoms with Crippen LogP contribution in [0.25, 0.3) is 0 Å². The minimum absolute atomic E-state index is 0.00664. The van der Waals surface area contributed by atoms with Gasteiger partial charge in [0.25, 0.3) is 5.91 Å². The van der Waals surface area contributed by atoms with E-state index in [2.05, 4.69) is 37.1 Å². The van der Waals surface area contributed by atoms with Gasteiger partial charge in [-0.3, -0.25) is 14.9 Å². The number of ether oxygens (including phenoxy) is 4. The Morgan fingerprint density at radius 3 is 2.56 bits per heavy atom. The topological polar surface area (TPSA) is 180 Å². The van der Waals surface area contributed by atoms with E-state index < -0.39 is 35.5 Å². The average Bonchev–Trinajstić information content (AvgIpc) is 3.04. The van der Waals surface area contributed by atoms with Gasteiger partial charge in [-0.05, 0) is 71.2 Å². The lowest BCUT2D eigenvalue weighted by atomic mass is 9.95. The van der Waals surface area contributed by atoms with E-state index in [4.69, 9.17) is 42.1 Å². The highest BCUT2D eigenvalue weighted by atomic mass is 79.9. The van der Waals surface area contributed by atoms with Crippen LogP contribution in [-0.4, -0.2) is 49.4 Å². The number of halogens is 3. The third-order valence-electron chi connectivity index (χ3n) is 6.66. The highest BCUT2D eigenvalue weighted by molar-refractivity contribution is 9.10. The molecule has 1 heterocycles. The first kappa shape index (κ1) is 36.0. The maximum atomic E-state index is 12.6. The third kappa shape index (κ3) is 8.93. The van der Waals surface area contributed by atoms with Crippen molar-refractivity contribution >= 4 is 68.9 Å². The molecule has 0 spiro atoms. The predicted octanol–water partition coefficient (Wildman–Crippen LogP) is 5.97. The maximum absolute atomic E-state index is 12.6. The van der Waals surface area contributed by atoms with Gasteiger partial charge in [0.1, 0.15) is 6.61 Å². The fourth-order valence-electron chi connectivity index (χ4n) is 4.50. The van der Waals surface area contributed by atoms with Gasteiger partial charge in [-0.25, -0.2) is 15.0 Å². The van der Waals surface area contributed by atoms with Crippen LogP contribution < -0.4 is 30.3 Å². The zero-order valence-electron chi connectivity index (χ0n) is 25.6. The van der Waals surface area contributed by atoms with Crippen molar-refractivity contribution in [1.29, 1.82) is 0 Å². The Labute approximate surface area is 292 Å². The van der Waals surface area contributed by atoms with Crippen LogP contribution in [0.2, 0.25) is 10.0 Å². The van der Waals surface area contributed by atoms with E-state index in [0.717, 1.165) is 0 Å². The smallest absolute Gasteiger partial charge is 0.338 e. The highest BCUT2D eigenvalue weighted by Crippen LogP contribution is 2.37. The number of hydrazone groups is 1. The molecule has 0 fully saturated rings. The summed E-state index contributed by atoms with van der Waals surface area (Å²) in [6.07, 6.45) is 1.22. The number of methoxy groups -OCH3 is 1. The number of amides is 3. The second kappa shape index (κ2) is 16.3. The number of nitrogens with zero attached hydrogens (tertiary/aromatic N) is 2. The summed E-state index contributed by atoms with van der Waals surface area (Å²) in [7, 11) is 1.39. The number of benzene rings is 3. The van der Waals surface area contributed by atoms with E-state index in [1.807, 2.05) is 0 Å². The van der Waals surface area contributed by atoms with Crippen LogP contribution in [0.4, 0.5) is 10.5 Å². The second-order valence-electron chi connectivity index (χ2n) is 9.93. The number of hydrogen-bond donors (Lipinski definition) is 3. The first-order valence-corrected chi connectivity index (χ1v) is 15.6. The molecule has 48 heavy (non-hydrogen) atoms. The zero-order chi connectivity index (χ0) is 35.0. The molecule has 1 aliphatic heterocycles. The lowest BCUT2D eigenvalue weighted by molar-refractivity contribution is -0.386. The molecule has 0 aliphatic carbocycles. The van der Waals surface area contributed by atoms with Gasteiger partial charge in [-0.15, -0.1) is 0 Å². The molecule has 3 aromatic carbocycles. The molecule has 4 rings (SSSR count). The summed E-state index contributed by atoms with van der Waals surface area (Å²) in [5.74, 6) is -0.797. The molecule has 0 saturated carbocycles. The molecule has 3 amide bonds. The molecule has 3 aromatic rings. The molecule has 0 saturated heterocycles. The maximum Gasteiger partial charge on any atom is 0.338 e. The van der Waals surface area contributed by atoms with E-state index in [1.165, 1.54) is 31.5 Å².